The first-order valence-electron chi connectivity index (χ1n) is 5.79. The summed E-state index contributed by atoms with van der Waals surface area (Å²) in [6.07, 6.45) is 1.47. The van der Waals surface area contributed by atoms with Crippen LogP contribution in [0.3, 0.4) is 0 Å². The zero-order chi connectivity index (χ0) is 13.3. The Morgan fingerprint density at radius 2 is 1.65 bits per heavy atom. The maximum atomic E-state index is 5.53. The lowest BCUT2D eigenvalue weighted by Gasteiger charge is -2.12. The van der Waals surface area contributed by atoms with Crippen molar-refractivity contribution in [1.29, 1.82) is 0 Å². The monoisotopic (exact) mass is 260 g/mol. The fourth-order valence-corrected chi connectivity index (χ4v) is 1.37. The molecule has 0 amide bonds. The predicted molar refractivity (Wildman–Crippen MR) is 71.9 cm³/mol. The standard InChI is InChI=1S/C12H19NO2.CH3Cl/c1-4-14-11-7-6-10(9(3)13)8-12(11)15-5-2;1-2/h6-9H,4-5,13H2,1-3H3;1H3/p+1. The molecule has 0 heterocycles. The number of alkyl halides is 1. The largest absolute Gasteiger partial charge is 0.490 e. The van der Waals surface area contributed by atoms with Gasteiger partial charge >= 0.3 is 0 Å². The second kappa shape index (κ2) is 9.14. The summed E-state index contributed by atoms with van der Waals surface area (Å²) in [5.74, 6) is 1.62. The molecule has 0 aromatic heterocycles. The van der Waals surface area contributed by atoms with Crippen LogP contribution in [0.2, 0.25) is 0 Å². The van der Waals surface area contributed by atoms with Gasteiger partial charge in [-0.15, -0.1) is 11.6 Å². The van der Waals surface area contributed by atoms with Crippen molar-refractivity contribution >= 4 is 11.6 Å². The second-order valence-corrected chi connectivity index (χ2v) is 3.47. The molecule has 3 nitrogen and oxygen atoms in total. The summed E-state index contributed by atoms with van der Waals surface area (Å²) in [5, 5.41) is 0. The molecule has 0 bridgehead atoms. The van der Waals surface area contributed by atoms with Crippen LogP contribution >= 0.6 is 11.6 Å². The molecule has 0 aliphatic heterocycles. The van der Waals surface area contributed by atoms with E-state index in [4.69, 9.17) is 9.47 Å². The molecule has 4 heteroatoms. The Morgan fingerprint density at radius 3 is 2.12 bits per heavy atom. The summed E-state index contributed by atoms with van der Waals surface area (Å²) >= 11 is 4.64. The van der Waals surface area contributed by atoms with Crippen LogP contribution in [0.4, 0.5) is 0 Å². The third kappa shape index (κ3) is 5.29. The first-order valence-corrected chi connectivity index (χ1v) is 6.55. The summed E-state index contributed by atoms with van der Waals surface area (Å²) in [6.45, 7) is 7.30. The Balaban J connectivity index is 0.00000121. The lowest BCUT2D eigenvalue weighted by Crippen LogP contribution is -2.51. The van der Waals surface area contributed by atoms with E-state index >= 15 is 0 Å². The minimum Gasteiger partial charge on any atom is -0.490 e. The van der Waals surface area contributed by atoms with Gasteiger partial charge in [0.15, 0.2) is 11.5 Å². The third-order valence-electron chi connectivity index (χ3n) is 2.14. The van der Waals surface area contributed by atoms with Crippen LogP contribution in [0.15, 0.2) is 18.2 Å². The number of quaternary nitrogens is 1. The molecule has 0 saturated heterocycles. The number of rotatable bonds is 5. The van der Waals surface area contributed by atoms with E-state index in [1.54, 1.807) is 0 Å². The van der Waals surface area contributed by atoms with Crippen molar-refractivity contribution in [2.24, 2.45) is 0 Å². The molecule has 0 fully saturated rings. The SMILES string of the molecule is CCOc1ccc(C(C)[NH3+])cc1OCC.CCl. The Hall–Kier alpha value is -0.930. The third-order valence-corrected chi connectivity index (χ3v) is 2.14. The molecule has 17 heavy (non-hydrogen) atoms. The molecule has 0 aliphatic rings. The van der Waals surface area contributed by atoms with Gasteiger partial charge < -0.3 is 15.2 Å². The fourth-order valence-electron chi connectivity index (χ4n) is 1.37. The van der Waals surface area contributed by atoms with E-state index < -0.39 is 0 Å². The highest BCUT2D eigenvalue weighted by Gasteiger charge is 2.09. The van der Waals surface area contributed by atoms with Crippen LogP contribution in [0, 0.1) is 0 Å². The summed E-state index contributed by atoms with van der Waals surface area (Å²) in [4.78, 5) is 0. The quantitative estimate of drug-likeness (QED) is 0.828. The lowest BCUT2D eigenvalue weighted by molar-refractivity contribution is -0.420. The normalized spacial score (nSPS) is 11.2. The molecule has 1 atom stereocenters. The minimum absolute atomic E-state index is 0.264. The summed E-state index contributed by atoms with van der Waals surface area (Å²) in [6, 6.07) is 6.25. The van der Waals surface area contributed by atoms with Crippen LogP contribution in [-0.2, 0) is 0 Å². The molecule has 98 valence electrons. The van der Waals surface area contributed by atoms with Gasteiger partial charge in [0.1, 0.15) is 6.04 Å². The van der Waals surface area contributed by atoms with E-state index in [0.29, 0.717) is 13.2 Å². The molecule has 0 aliphatic carbocycles. The summed E-state index contributed by atoms with van der Waals surface area (Å²) in [7, 11) is 0. The van der Waals surface area contributed by atoms with Crippen LogP contribution in [0.1, 0.15) is 32.4 Å². The molecule has 0 radical (unpaired) electrons. The van der Waals surface area contributed by atoms with Crippen LogP contribution in [-0.4, -0.2) is 19.6 Å². The van der Waals surface area contributed by atoms with E-state index in [9.17, 15) is 0 Å². The first kappa shape index (κ1) is 16.1. The number of halogens is 1. The van der Waals surface area contributed by atoms with Gasteiger partial charge in [0.2, 0.25) is 0 Å². The average Bonchev–Trinajstić information content (AvgIpc) is 2.34. The molecule has 1 aromatic carbocycles. The highest BCUT2D eigenvalue weighted by molar-refractivity contribution is 6.15. The van der Waals surface area contributed by atoms with Crippen molar-refractivity contribution in [3.63, 3.8) is 0 Å². The van der Waals surface area contributed by atoms with Crippen LogP contribution in [0.25, 0.3) is 0 Å². The highest BCUT2D eigenvalue weighted by atomic mass is 35.5. The number of ether oxygens (including phenoxy) is 2. The molecule has 1 rings (SSSR count). The van der Waals surface area contributed by atoms with Crippen molar-refractivity contribution < 1.29 is 15.2 Å². The van der Waals surface area contributed by atoms with Gasteiger partial charge in [0, 0.05) is 11.9 Å². The lowest BCUT2D eigenvalue weighted by atomic mass is 10.1. The molecular weight excluding hydrogens is 238 g/mol. The molecule has 3 N–H and O–H groups in total. The van der Waals surface area contributed by atoms with E-state index in [-0.39, 0.29) is 6.04 Å². The molecule has 0 spiro atoms. The molecular formula is C13H23ClNO2+. The first-order chi connectivity index (χ1) is 8.19. The van der Waals surface area contributed by atoms with Crippen molar-refractivity contribution in [1.82, 2.24) is 0 Å². The van der Waals surface area contributed by atoms with Gasteiger partial charge in [-0.2, -0.15) is 0 Å². The van der Waals surface area contributed by atoms with Crippen LogP contribution < -0.4 is 15.2 Å². The molecule has 0 saturated carbocycles. The number of hydrogen-bond donors (Lipinski definition) is 1. The smallest absolute Gasteiger partial charge is 0.161 e. The van der Waals surface area contributed by atoms with Gasteiger partial charge in [-0.05, 0) is 39.0 Å². The maximum Gasteiger partial charge on any atom is 0.161 e. The Morgan fingerprint density at radius 1 is 1.12 bits per heavy atom. The highest BCUT2D eigenvalue weighted by Crippen LogP contribution is 2.29. The Kier molecular flexibility index (Phi) is 8.64. The predicted octanol–water partition coefficient (Wildman–Crippen LogP) is 2.64. The zero-order valence-corrected chi connectivity index (χ0v) is 11.9. The summed E-state index contributed by atoms with van der Waals surface area (Å²) in [5.41, 5.74) is 5.16. The molecule has 1 unspecified atom stereocenters. The number of hydrogen-bond acceptors (Lipinski definition) is 2. The second-order valence-electron chi connectivity index (χ2n) is 3.47. The van der Waals surface area contributed by atoms with E-state index in [2.05, 4.69) is 24.3 Å². The van der Waals surface area contributed by atoms with Crippen molar-refractivity contribution in [3.8, 4) is 11.5 Å². The number of benzene rings is 1. The zero-order valence-electron chi connectivity index (χ0n) is 11.1. The topological polar surface area (TPSA) is 46.1 Å². The molecule has 1 aromatic rings. The van der Waals surface area contributed by atoms with Crippen molar-refractivity contribution in [2.45, 2.75) is 26.8 Å². The van der Waals surface area contributed by atoms with E-state index in [1.807, 2.05) is 32.0 Å². The average molecular weight is 261 g/mol. The Bertz CT molecular complexity index is 316. The van der Waals surface area contributed by atoms with Gasteiger partial charge in [-0.25, -0.2) is 0 Å². The fraction of sp³-hybridized carbons (Fsp3) is 0.538. The van der Waals surface area contributed by atoms with Gasteiger partial charge in [0.25, 0.3) is 0 Å². The van der Waals surface area contributed by atoms with Gasteiger partial charge in [-0.1, -0.05) is 0 Å². The van der Waals surface area contributed by atoms with E-state index in [0.717, 1.165) is 11.5 Å². The minimum atomic E-state index is 0.264. The summed E-state index contributed by atoms with van der Waals surface area (Å²) < 4.78 is 11.0. The Labute approximate surface area is 109 Å². The van der Waals surface area contributed by atoms with Gasteiger partial charge in [-0.3, -0.25) is 0 Å². The van der Waals surface area contributed by atoms with Gasteiger partial charge in [0.05, 0.1) is 13.2 Å². The maximum absolute atomic E-state index is 5.53. The van der Waals surface area contributed by atoms with Crippen molar-refractivity contribution in [2.75, 3.05) is 19.6 Å². The van der Waals surface area contributed by atoms with E-state index in [1.165, 1.54) is 11.9 Å². The van der Waals surface area contributed by atoms with Crippen molar-refractivity contribution in [3.05, 3.63) is 23.8 Å². The van der Waals surface area contributed by atoms with Crippen LogP contribution in [0.5, 0.6) is 11.5 Å².